The third-order valence-corrected chi connectivity index (χ3v) is 13.4. The first-order valence-corrected chi connectivity index (χ1v) is 10.3. The molecule has 0 aliphatic heterocycles. The summed E-state index contributed by atoms with van der Waals surface area (Å²) in [6.45, 7) is 6.29. The van der Waals surface area contributed by atoms with Gasteiger partial charge in [0.05, 0.1) is 0 Å². The van der Waals surface area contributed by atoms with Crippen LogP contribution in [-0.4, -0.2) is 58.3 Å². The summed E-state index contributed by atoms with van der Waals surface area (Å²) in [6, 6.07) is 0. The molecule has 0 aromatic carbocycles. The van der Waals surface area contributed by atoms with E-state index in [-0.39, 0.29) is 35.3 Å². The number of halogens is 2. The van der Waals surface area contributed by atoms with Crippen LogP contribution in [0.3, 0.4) is 0 Å². The molecule has 0 spiro atoms. The van der Waals surface area contributed by atoms with Gasteiger partial charge in [0.1, 0.15) is 0 Å². The fraction of sp³-hybridized carbons (Fsp3) is 1.00. The van der Waals surface area contributed by atoms with Crippen LogP contribution in [0.4, 0.5) is 3.89 Å². The van der Waals surface area contributed by atoms with Crippen LogP contribution in [0.25, 0.3) is 0 Å². The first-order valence-electron chi connectivity index (χ1n) is 6.08. The van der Waals surface area contributed by atoms with Crippen molar-refractivity contribution in [2.24, 2.45) is 0 Å². The molecule has 0 aromatic rings. The number of rotatable bonds is 6. The first-order chi connectivity index (χ1) is 7.61. The summed E-state index contributed by atoms with van der Waals surface area (Å²) in [5.74, 6) is 0. The van der Waals surface area contributed by atoms with Gasteiger partial charge in [-0.1, -0.05) is 0 Å². The Morgan fingerprint density at radius 3 is 1.58 bits per heavy atom. The SMILES string of the molecule is CC(C)P(C)(C[N+](C)(C)C)(OS(=O)(=O)F)C(C)C.[I-]. The Hall–Kier alpha value is 0.960. The first kappa shape index (κ1) is 22.2. The molecule has 0 bridgehead atoms. The molecule has 0 radical (unpaired) electrons. The van der Waals surface area contributed by atoms with Crippen LogP contribution in [0.15, 0.2) is 0 Å². The normalized spacial score (nSPS) is 16.1. The van der Waals surface area contributed by atoms with Crippen LogP contribution in [0.1, 0.15) is 27.7 Å². The van der Waals surface area contributed by atoms with E-state index in [0.717, 1.165) is 0 Å². The zero-order valence-corrected chi connectivity index (χ0v) is 17.0. The van der Waals surface area contributed by atoms with Crippen molar-refractivity contribution in [2.75, 3.05) is 34.1 Å². The second-order valence-corrected chi connectivity index (χ2v) is 14.4. The van der Waals surface area contributed by atoms with Gasteiger partial charge in [-0.15, -0.1) is 0 Å². The molecule has 0 atom stereocenters. The van der Waals surface area contributed by atoms with E-state index in [1.54, 1.807) is 0 Å². The van der Waals surface area contributed by atoms with Crippen LogP contribution in [0.2, 0.25) is 0 Å². The van der Waals surface area contributed by atoms with Gasteiger partial charge < -0.3 is 24.0 Å². The molecule has 0 aliphatic rings. The van der Waals surface area contributed by atoms with Gasteiger partial charge in [-0.05, 0) is 0 Å². The summed E-state index contributed by atoms with van der Waals surface area (Å²) in [5.41, 5.74) is -0.0576. The van der Waals surface area contributed by atoms with Crippen molar-refractivity contribution in [1.29, 1.82) is 0 Å². The van der Waals surface area contributed by atoms with Gasteiger partial charge >= 0.3 is 111 Å². The smallest absolute Gasteiger partial charge is 1.00 e. The second kappa shape index (κ2) is 6.38. The van der Waals surface area contributed by atoms with Crippen LogP contribution in [0, 0.1) is 0 Å². The molecular weight excluding hydrogens is 403 g/mol. The van der Waals surface area contributed by atoms with E-state index in [1.807, 2.05) is 55.5 Å². The van der Waals surface area contributed by atoms with Crippen molar-refractivity contribution in [2.45, 2.75) is 39.0 Å². The summed E-state index contributed by atoms with van der Waals surface area (Å²) in [6.07, 6.45) is 0.518. The summed E-state index contributed by atoms with van der Waals surface area (Å²) in [4.78, 5) is 0. The molecule has 4 nitrogen and oxygen atoms in total. The van der Waals surface area contributed by atoms with Crippen molar-refractivity contribution < 1.29 is 44.7 Å². The van der Waals surface area contributed by atoms with Crippen molar-refractivity contribution >= 4 is 17.3 Å². The van der Waals surface area contributed by atoms with Crippen molar-refractivity contribution in [1.82, 2.24) is 0 Å². The minimum atomic E-state index is -4.95. The zero-order chi connectivity index (χ0) is 15.0. The Bertz CT molecular complexity index is 399. The van der Waals surface area contributed by atoms with Gasteiger partial charge in [-0.3, -0.25) is 0 Å². The second-order valence-electron chi connectivity index (χ2n) is 6.96. The van der Waals surface area contributed by atoms with Gasteiger partial charge in [0.25, 0.3) is 0 Å². The molecule has 0 aromatic heterocycles. The van der Waals surface area contributed by atoms with Crippen LogP contribution >= 0.6 is 6.83 Å². The Morgan fingerprint density at radius 1 is 1.11 bits per heavy atom. The largest absolute Gasteiger partial charge is 1.00 e. The molecule has 0 saturated carbocycles. The topological polar surface area (TPSA) is 43.4 Å². The maximum Gasteiger partial charge on any atom is -1.00 e. The molecule has 0 fully saturated rings. The van der Waals surface area contributed by atoms with Crippen molar-refractivity contribution in [3.63, 3.8) is 0 Å². The van der Waals surface area contributed by atoms with Crippen molar-refractivity contribution in [3.8, 4) is 0 Å². The number of hydrogen-bond donors (Lipinski definition) is 0. The molecule has 0 heterocycles. The average molecular weight is 431 g/mol. The van der Waals surface area contributed by atoms with Gasteiger partial charge in [-0.2, -0.15) is 0 Å². The van der Waals surface area contributed by atoms with E-state index in [1.165, 1.54) is 0 Å². The molecule has 0 rings (SSSR count). The van der Waals surface area contributed by atoms with Crippen LogP contribution in [-0.2, 0) is 14.5 Å². The number of hydrogen-bond acceptors (Lipinski definition) is 3. The third-order valence-electron chi connectivity index (χ3n) is 3.87. The quantitative estimate of drug-likeness (QED) is 0.253. The Morgan fingerprint density at radius 2 is 1.42 bits per heavy atom. The fourth-order valence-corrected chi connectivity index (χ4v) is 10.1. The van der Waals surface area contributed by atoms with E-state index < -0.39 is 17.3 Å². The molecule has 19 heavy (non-hydrogen) atoms. The van der Waals surface area contributed by atoms with Crippen molar-refractivity contribution in [3.05, 3.63) is 0 Å². The summed E-state index contributed by atoms with van der Waals surface area (Å²) in [7, 11) is 0.932. The summed E-state index contributed by atoms with van der Waals surface area (Å²) >= 11 is 0. The minimum Gasteiger partial charge on any atom is -1.00 e. The molecule has 0 saturated heterocycles. The van der Waals surface area contributed by atoms with E-state index in [0.29, 0.717) is 10.8 Å². The molecular formula is C11H28FINO3PS. The average Bonchev–Trinajstić information content (AvgIpc) is 1.95. The molecule has 0 unspecified atom stereocenters. The molecule has 8 heteroatoms. The third kappa shape index (κ3) is 5.69. The van der Waals surface area contributed by atoms with Gasteiger partial charge in [-0.25, -0.2) is 0 Å². The molecule has 0 aliphatic carbocycles. The predicted molar refractivity (Wildman–Crippen MR) is 77.1 cm³/mol. The number of nitrogens with zero attached hydrogens (tertiary/aromatic N) is 1. The summed E-state index contributed by atoms with van der Waals surface area (Å²) < 4.78 is 41.0. The maximum atomic E-state index is 13.2. The molecule has 0 amide bonds. The maximum absolute atomic E-state index is 13.2. The predicted octanol–water partition coefficient (Wildman–Crippen LogP) is -0.200. The zero-order valence-electron chi connectivity index (χ0n) is 13.1. The molecule has 120 valence electrons. The van der Waals surface area contributed by atoms with Gasteiger partial charge in [0, 0.05) is 0 Å². The van der Waals surface area contributed by atoms with E-state index in [2.05, 4.69) is 0 Å². The summed E-state index contributed by atoms with van der Waals surface area (Å²) in [5, 5.41) is 0. The monoisotopic (exact) mass is 431 g/mol. The Balaban J connectivity index is 0. The minimum absolute atomic E-state index is 0. The Labute approximate surface area is 135 Å². The van der Waals surface area contributed by atoms with Crippen LogP contribution in [0.5, 0.6) is 0 Å². The number of quaternary nitrogens is 1. The van der Waals surface area contributed by atoms with E-state index in [9.17, 15) is 12.3 Å². The standard InChI is InChI=1S/C11H28FNO3PS.HI/c1-10(2)17(8,11(3)4,9-13(5,6)7)16-18(12,14)15;/h10-11H,9H2,1-8H3;1H/q+1;/p-1. The van der Waals surface area contributed by atoms with Gasteiger partial charge in [0.2, 0.25) is 0 Å². The van der Waals surface area contributed by atoms with E-state index >= 15 is 0 Å². The fourth-order valence-electron chi connectivity index (χ4n) is 2.46. The van der Waals surface area contributed by atoms with Crippen LogP contribution < -0.4 is 24.0 Å². The van der Waals surface area contributed by atoms with E-state index in [4.69, 9.17) is 3.97 Å². The molecule has 0 N–H and O–H groups in total. The van der Waals surface area contributed by atoms with Gasteiger partial charge in [0.15, 0.2) is 0 Å². The Kier molecular flexibility index (Phi) is 7.47.